The van der Waals surface area contributed by atoms with E-state index in [1.54, 1.807) is 26.4 Å². The van der Waals surface area contributed by atoms with Gasteiger partial charge in [-0.2, -0.15) is 0 Å². The summed E-state index contributed by atoms with van der Waals surface area (Å²) in [7, 11) is 3.18. The molecule has 0 radical (unpaired) electrons. The summed E-state index contributed by atoms with van der Waals surface area (Å²) in [5.74, 6) is 1.11. The number of methoxy groups -OCH3 is 2. The molecule has 3 nitrogen and oxygen atoms in total. The van der Waals surface area contributed by atoms with E-state index >= 15 is 0 Å². The molecule has 2 aromatic rings. The topological polar surface area (TPSA) is 35.5 Å². The average molecular weight is 324 g/mol. The van der Waals surface area contributed by atoms with Gasteiger partial charge in [0.25, 0.3) is 0 Å². The molecule has 0 aliphatic heterocycles. The summed E-state index contributed by atoms with van der Waals surface area (Å²) in [6, 6.07) is 9.62. The molecule has 118 valence electrons. The molecule has 0 aromatic heterocycles. The maximum atomic E-state index is 12.8. The molecule has 5 heteroatoms. The quantitative estimate of drug-likeness (QED) is 0.626. The van der Waals surface area contributed by atoms with E-state index in [0.717, 1.165) is 16.4 Å². The van der Waals surface area contributed by atoms with E-state index in [-0.39, 0.29) is 33.0 Å². The van der Waals surface area contributed by atoms with Crippen LogP contribution in [0.5, 0.6) is 11.5 Å². The van der Waals surface area contributed by atoms with Crippen molar-refractivity contribution in [1.29, 1.82) is 0 Å². The minimum atomic E-state index is 0. The molecule has 0 aliphatic carbocycles. The van der Waals surface area contributed by atoms with Gasteiger partial charge in [0.1, 0.15) is 17.1 Å². The predicted octanol–water partition coefficient (Wildman–Crippen LogP) is 3.12. The van der Waals surface area contributed by atoms with Crippen molar-refractivity contribution in [3.8, 4) is 11.5 Å². The Morgan fingerprint density at radius 2 is 1.43 bits per heavy atom. The van der Waals surface area contributed by atoms with Gasteiger partial charge in [-0.15, -0.1) is 0 Å². The van der Waals surface area contributed by atoms with Gasteiger partial charge >= 0.3 is 18.9 Å². The van der Waals surface area contributed by atoms with E-state index in [4.69, 9.17) is 9.47 Å². The van der Waals surface area contributed by atoms with E-state index < -0.39 is 0 Å². The van der Waals surface area contributed by atoms with Crippen LogP contribution in [-0.4, -0.2) is 38.6 Å². The van der Waals surface area contributed by atoms with Gasteiger partial charge in [0.05, 0.1) is 14.2 Å². The van der Waals surface area contributed by atoms with Crippen LogP contribution in [0.2, 0.25) is 0 Å². The molecule has 0 bridgehead atoms. The molecular formula is C18H22LiO3P. The molecule has 2 rings (SSSR count). The monoisotopic (exact) mass is 324 g/mol. The van der Waals surface area contributed by atoms with Crippen molar-refractivity contribution in [2.75, 3.05) is 14.2 Å². The van der Waals surface area contributed by atoms with Gasteiger partial charge in [0, 0.05) is 0 Å². The third-order valence-corrected chi connectivity index (χ3v) is 5.09. The van der Waals surface area contributed by atoms with Gasteiger partial charge in [-0.25, -0.2) is 0 Å². The Morgan fingerprint density at radius 3 is 1.87 bits per heavy atom. The molecule has 0 N–H and O–H groups in total. The van der Waals surface area contributed by atoms with Crippen molar-refractivity contribution in [2.45, 2.75) is 20.8 Å². The van der Waals surface area contributed by atoms with E-state index in [1.165, 1.54) is 5.56 Å². The molecule has 0 heterocycles. The summed E-state index contributed by atoms with van der Waals surface area (Å²) in [4.78, 5) is 12.8. The van der Waals surface area contributed by atoms with E-state index in [2.05, 4.69) is 32.9 Å². The second-order valence-electron chi connectivity index (χ2n) is 5.27. The molecule has 1 atom stereocenters. The van der Waals surface area contributed by atoms with Crippen LogP contribution < -0.4 is 14.8 Å². The molecule has 0 amide bonds. The van der Waals surface area contributed by atoms with Crippen molar-refractivity contribution in [2.24, 2.45) is 0 Å². The summed E-state index contributed by atoms with van der Waals surface area (Å²) in [5.41, 5.74) is 4.07. The second kappa shape index (κ2) is 8.55. The van der Waals surface area contributed by atoms with Crippen LogP contribution in [0, 0.1) is 20.8 Å². The summed E-state index contributed by atoms with van der Waals surface area (Å²) < 4.78 is 10.7. The van der Waals surface area contributed by atoms with Gasteiger partial charge < -0.3 is 9.47 Å². The predicted molar refractivity (Wildman–Crippen MR) is 99.6 cm³/mol. The zero-order valence-electron chi connectivity index (χ0n) is 13.6. The Hall–Kier alpha value is -1.26. The van der Waals surface area contributed by atoms with E-state index in [0.29, 0.717) is 17.1 Å². The normalized spacial score (nSPS) is 10.5. The molecule has 0 fully saturated rings. The van der Waals surface area contributed by atoms with Crippen molar-refractivity contribution in [3.63, 3.8) is 0 Å². The van der Waals surface area contributed by atoms with Crippen LogP contribution in [0.4, 0.5) is 0 Å². The Kier molecular flexibility index (Phi) is 7.35. The first-order chi connectivity index (χ1) is 10.5. The van der Waals surface area contributed by atoms with Crippen LogP contribution in [-0.2, 0) is 0 Å². The Bertz CT molecular complexity index is 668. The van der Waals surface area contributed by atoms with Crippen LogP contribution in [0.15, 0.2) is 30.3 Å². The SMILES string of the molecule is COc1cccc(OC)c1C(=O)Pc1c(C)cc(C)cc1C.[LiH]. The Balaban J connectivity index is 0.00000264. The van der Waals surface area contributed by atoms with Gasteiger partial charge in [0.15, 0.2) is 5.52 Å². The van der Waals surface area contributed by atoms with Gasteiger partial charge in [-0.05, 0) is 57.9 Å². The van der Waals surface area contributed by atoms with Crippen molar-refractivity contribution < 1.29 is 14.3 Å². The summed E-state index contributed by atoms with van der Waals surface area (Å²) in [6.07, 6.45) is 0. The number of carbonyl (C=O) groups is 1. The summed E-state index contributed by atoms with van der Waals surface area (Å²) in [6.45, 7) is 6.17. The number of rotatable bonds is 5. The summed E-state index contributed by atoms with van der Waals surface area (Å²) in [5, 5.41) is 1.10. The Labute approximate surface area is 151 Å². The van der Waals surface area contributed by atoms with Crippen molar-refractivity contribution in [3.05, 3.63) is 52.6 Å². The van der Waals surface area contributed by atoms with Gasteiger partial charge in [0.2, 0.25) is 0 Å². The average Bonchev–Trinajstić information content (AvgIpc) is 2.49. The standard InChI is InChI=1S/C18H21O3P.Li.H/c1-11-9-12(2)17(13(3)10-11)22-18(19)16-14(20-4)7-6-8-15(16)21-5;;/h6-10,22H,1-5H3;;. The Morgan fingerprint density at radius 1 is 0.957 bits per heavy atom. The molecule has 0 spiro atoms. The third kappa shape index (κ3) is 4.39. The third-order valence-electron chi connectivity index (χ3n) is 3.57. The first kappa shape index (κ1) is 19.8. The molecule has 1 unspecified atom stereocenters. The number of hydrogen-bond acceptors (Lipinski definition) is 3. The second-order valence-corrected chi connectivity index (χ2v) is 6.47. The zero-order valence-corrected chi connectivity index (χ0v) is 14.6. The van der Waals surface area contributed by atoms with Gasteiger partial charge in [-0.3, -0.25) is 4.79 Å². The molecule has 0 aliphatic rings. The van der Waals surface area contributed by atoms with Crippen molar-refractivity contribution >= 4 is 38.3 Å². The number of aryl methyl sites for hydroxylation is 3. The number of benzene rings is 2. The van der Waals surface area contributed by atoms with Gasteiger partial charge in [-0.1, -0.05) is 23.8 Å². The van der Waals surface area contributed by atoms with E-state index in [1.807, 2.05) is 6.07 Å². The fourth-order valence-electron chi connectivity index (χ4n) is 2.63. The van der Waals surface area contributed by atoms with Crippen LogP contribution in [0.1, 0.15) is 27.0 Å². The molecule has 23 heavy (non-hydrogen) atoms. The molecule has 0 saturated heterocycles. The first-order valence-corrected chi connectivity index (χ1v) is 8.08. The molecular weight excluding hydrogens is 302 g/mol. The molecule has 2 aromatic carbocycles. The fourth-order valence-corrected chi connectivity index (χ4v) is 3.77. The maximum absolute atomic E-state index is 12.8. The number of hydrogen-bond donors (Lipinski definition) is 0. The minimum absolute atomic E-state index is 0. The number of ether oxygens (including phenoxy) is 2. The van der Waals surface area contributed by atoms with Crippen LogP contribution in [0.3, 0.4) is 0 Å². The zero-order chi connectivity index (χ0) is 16.3. The fraction of sp³-hybridized carbons (Fsp3) is 0.278. The number of carbonyl (C=O) groups excluding carboxylic acids is 1. The van der Waals surface area contributed by atoms with Crippen LogP contribution >= 0.6 is 8.58 Å². The molecule has 0 saturated carbocycles. The summed E-state index contributed by atoms with van der Waals surface area (Å²) >= 11 is 0. The van der Waals surface area contributed by atoms with Crippen molar-refractivity contribution in [1.82, 2.24) is 0 Å². The first-order valence-electron chi connectivity index (χ1n) is 7.08. The van der Waals surface area contributed by atoms with E-state index in [9.17, 15) is 4.79 Å². The van der Waals surface area contributed by atoms with Crippen LogP contribution in [0.25, 0.3) is 0 Å².